The fourth-order valence-electron chi connectivity index (χ4n) is 1.25. The van der Waals surface area contributed by atoms with E-state index < -0.39 is 5.82 Å². The summed E-state index contributed by atoms with van der Waals surface area (Å²) in [5.74, 6) is -0.767. The lowest BCUT2D eigenvalue weighted by Crippen LogP contribution is -2.37. The standard InChI is InChI=1S/C13H19F2N/c1-9(13(2,3)4)16-8-10-7-11(14)5-6-12(10)15/h5-7,9,16H,8H2,1-4H3. The molecule has 0 radical (unpaired) electrons. The number of halogens is 2. The fourth-order valence-corrected chi connectivity index (χ4v) is 1.25. The highest BCUT2D eigenvalue weighted by Crippen LogP contribution is 2.19. The lowest BCUT2D eigenvalue weighted by molar-refractivity contribution is 0.284. The van der Waals surface area contributed by atoms with E-state index in [0.717, 1.165) is 12.1 Å². The van der Waals surface area contributed by atoms with Crippen LogP contribution in [0.4, 0.5) is 8.78 Å². The van der Waals surface area contributed by atoms with Crippen LogP contribution in [0.25, 0.3) is 0 Å². The van der Waals surface area contributed by atoms with Crippen molar-refractivity contribution in [1.82, 2.24) is 5.32 Å². The number of hydrogen-bond acceptors (Lipinski definition) is 1. The highest BCUT2D eigenvalue weighted by molar-refractivity contribution is 5.18. The molecule has 0 aliphatic heterocycles. The van der Waals surface area contributed by atoms with Crippen molar-refractivity contribution in [3.05, 3.63) is 35.4 Å². The second-order valence-corrected chi connectivity index (χ2v) is 5.20. The summed E-state index contributed by atoms with van der Waals surface area (Å²) in [5.41, 5.74) is 0.472. The second-order valence-electron chi connectivity index (χ2n) is 5.20. The van der Waals surface area contributed by atoms with Gasteiger partial charge in [0.25, 0.3) is 0 Å². The molecule has 3 heteroatoms. The van der Waals surface area contributed by atoms with E-state index in [-0.39, 0.29) is 17.3 Å². The average Bonchev–Trinajstić information content (AvgIpc) is 2.17. The summed E-state index contributed by atoms with van der Waals surface area (Å²) < 4.78 is 26.2. The van der Waals surface area contributed by atoms with Crippen LogP contribution in [0.3, 0.4) is 0 Å². The minimum atomic E-state index is -0.401. The van der Waals surface area contributed by atoms with Crippen LogP contribution in [-0.2, 0) is 6.54 Å². The molecule has 1 N–H and O–H groups in total. The Hall–Kier alpha value is -0.960. The van der Waals surface area contributed by atoms with Crippen molar-refractivity contribution in [3.63, 3.8) is 0 Å². The van der Waals surface area contributed by atoms with Gasteiger partial charge in [0.15, 0.2) is 0 Å². The summed E-state index contributed by atoms with van der Waals surface area (Å²) in [7, 11) is 0. The summed E-state index contributed by atoms with van der Waals surface area (Å²) in [4.78, 5) is 0. The van der Waals surface area contributed by atoms with E-state index >= 15 is 0 Å². The molecule has 0 saturated carbocycles. The Morgan fingerprint density at radius 2 is 1.88 bits per heavy atom. The molecule has 0 spiro atoms. The average molecular weight is 227 g/mol. The molecule has 1 nitrogen and oxygen atoms in total. The first-order chi connectivity index (χ1) is 7.30. The van der Waals surface area contributed by atoms with Crippen LogP contribution in [-0.4, -0.2) is 6.04 Å². The van der Waals surface area contributed by atoms with Crippen LogP contribution in [0.15, 0.2) is 18.2 Å². The Balaban J connectivity index is 2.64. The van der Waals surface area contributed by atoms with Gasteiger partial charge in [0, 0.05) is 18.2 Å². The first-order valence-electron chi connectivity index (χ1n) is 5.48. The topological polar surface area (TPSA) is 12.0 Å². The van der Waals surface area contributed by atoms with Crippen molar-refractivity contribution >= 4 is 0 Å². The van der Waals surface area contributed by atoms with Gasteiger partial charge in [-0.25, -0.2) is 8.78 Å². The quantitative estimate of drug-likeness (QED) is 0.833. The van der Waals surface area contributed by atoms with Crippen LogP contribution < -0.4 is 5.32 Å². The van der Waals surface area contributed by atoms with Crippen LogP contribution >= 0.6 is 0 Å². The van der Waals surface area contributed by atoms with Crippen LogP contribution in [0.5, 0.6) is 0 Å². The maximum absolute atomic E-state index is 13.3. The predicted molar refractivity (Wildman–Crippen MR) is 62.1 cm³/mol. The van der Waals surface area contributed by atoms with E-state index in [1.807, 2.05) is 6.92 Å². The van der Waals surface area contributed by atoms with E-state index in [2.05, 4.69) is 26.1 Å². The van der Waals surface area contributed by atoms with Crippen LogP contribution in [0.2, 0.25) is 0 Å². The molecule has 0 fully saturated rings. The van der Waals surface area contributed by atoms with Gasteiger partial charge in [0.2, 0.25) is 0 Å². The van der Waals surface area contributed by atoms with Gasteiger partial charge in [-0.05, 0) is 30.5 Å². The second kappa shape index (κ2) is 4.91. The molecule has 90 valence electrons. The molecule has 1 aromatic rings. The van der Waals surface area contributed by atoms with Gasteiger partial charge in [-0.2, -0.15) is 0 Å². The van der Waals surface area contributed by atoms with Gasteiger partial charge in [-0.15, -0.1) is 0 Å². The molecule has 16 heavy (non-hydrogen) atoms. The molecule has 0 heterocycles. The molecular weight excluding hydrogens is 208 g/mol. The van der Waals surface area contributed by atoms with Gasteiger partial charge < -0.3 is 5.32 Å². The molecule has 1 rings (SSSR count). The Morgan fingerprint density at radius 3 is 2.44 bits per heavy atom. The zero-order valence-electron chi connectivity index (χ0n) is 10.3. The zero-order valence-corrected chi connectivity index (χ0v) is 10.3. The molecule has 0 aliphatic carbocycles. The van der Waals surface area contributed by atoms with Gasteiger partial charge in [-0.1, -0.05) is 20.8 Å². The maximum Gasteiger partial charge on any atom is 0.127 e. The van der Waals surface area contributed by atoms with Crippen molar-refractivity contribution in [2.24, 2.45) is 5.41 Å². The van der Waals surface area contributed by atoms with Crippen molar-refractivity contribution < 1.29 is 8.78 Å². The first kappa shape index (κ1) is 13.1. The fraction of sp³-hybridized carbons (Fsp3) is 0.538. The van der Waals surface area contributed by atoms with Gasteiger partial charge in [-0.3, -0.25) is 0 Å². The zero-order chi connectivity index (χ0) is 12.3. The predicted octanol–water partition coefficient (Wildman–Crippen LogP) is 3.49. The van der Waals surface area contributed by atoms with E-state index in [4.69, 9.17) is 0 Å². The van der Waals surface area contributed by atoms with E-state index in [9.17, 15) is 8.78 Å². The summed E-state index contributed by atoms with van der Waals surface area (Å²) in [5, 5.41) is 3.20. The summed E-state index contributed by atoms with van der Waals surface area (Å²) >= 11 is 0. The molecule has 1 atom stereocenters. The van der Waals surface area contributed by atoms with E-state index in [1.165, 1.54) is 6.07 Å². The number of rotatable bonds is 3. The Bertz CT molecular complexity index is 355. The van der Waals surface area contributed by atoms with Gasteiger partial charge >= 0.3 is 0 Å². The van der Waals surface area contributed by atoms with Crippen LogP contribution in [0.1, 0.15) is 33.3 Å². The lowest BCUT2D eigenvalue weighted by atomic mass is 9.88. The smallest absolute Gasteiger partial charge is 0.127 e. The third kappa shape index (κ3) is 3.56. The highest BCUT2D eigenvalue weighted by atomic mass is 19.1. The molecule has 0 aliphatic rings. The highest BCUT2D eigenvalue weighted by Gasteiger charge is 2.19. The molecule has 1 unspecified atom stereocenters. The lowest BCUT2D eigenvalue weighted by Gasteiger charge is -2.28. The third-order valence-corrected chi connectivity index (χ3v) is 2.91. The summed E-state index contributed by atoms with van der Waals surface area (Å²) in [6, 6.07) is 3.76. The molecule has 0 aromatic heterocycles. The normalized spacial score (nSPS) is 13.9. The van der Waals surface area contributed by atoms with Crippen molar-refractivity contribution in [2.45, 2.75) is 40.3 Å². The minimum absolute atomic E-state index is 0.101. The van der Waals surface area contributed by atoms with Crippen molar-refractivity contribution in [1.29, 1.82) is 0 Å². The molecule has 1 aromatic carbocycles. The molecule has 0 amide bonds. The molecular formula is C13H19F2N. The summed E-state index contributed by atoms with van der Waals surface area (Å²) in [6.07, 6.45) is 0. The summed E-state index contributed by atoms with van der Waals surface area (Å²) in [6.45, 7) is 8.70. The molecule has 0 bridgehead atoms. The van der Waals surface area contributed by atoms with Crippen molar-refractivity contribution in [3.8, 4) is 0 Å². The number of hydrogen-bond donors (Lipinski definition) is 1. The minimum Gasteiger partial charge on any atom is -0.310 e. The van der Waals surface area contributed by atoms with Gasteiger partial charge in [0.05, 0.1) is 0 Å². The molecule has 0 saturated heterocycles. The van der Waals surface area contributed by atoms with E-state index in [1.54, 1.807) is 0 Å². The SMILES string of the molecule is CC(NCc1cc(F)ccc1F)C(C)(C)C. The first-order valence-corrected chi connectivity index (χ1v) is 5.48. The Labute approximate surface area is 95.9 Å². The third-order valence-electron chi connectivity index (χ3n) is 2.91. The largest absolute Gasteiger partial charge is 0.310 e. The van der Waals surface area contributed by atoms with E-state index in [0.29, 0.717) is 12.1 Å². The Kier molecular flexibility index (Phi) is 4.03. The monoisotopic (exact) mass is 227 g/mol. The maximum atomic E-state index is 13.3. The van der Waals surface area contributed by atoms with Gasteiger partial charge in [0.1, 0.15) is 11.6 Å². The number of benzene rings is 1. The van der Waals surface area contributed by atoms with Crippen LogP contribution in [0, 0.1) is 17.0 Å². The number of nitrogens with one attached hydrogen (secondary N) is 1. The van der Waals surface area contributed by atoms with Crippen molar-refractivity contribution in [2.75, 3.05) is 0 Å². The Morgan fingerprint density at radius 1 is 1.25 bits per heavy atom.